The van der Waals surface area contributed by atoms with Gasteiger partial charge in [-0.15, -0.1) is 0 Å². The van der Waals surface area contributed by atoms with Crippen LogP contribution in [0, 0.1) is 17.0 Å². The average molecular weight is 366 g/mol. The normalized spacial score (nSPS) is 13.9. The molecule has 0 radical (unpaired) electrons. The Bertz CT molecular complexity index is 1040. The van der Waals surface area contributed by atoms with Gasteiger partial charge in [0.2, 0.25) is 0 Å². The lowest BCUT2D eigenvalue weighted by Gasteiger charge is -2.17. The second-order valence-electron chi connectivity index (χ2n) is 6.52. The topological polar surface area (TPSA) is 102 Å². The van der Waals surface area contributed by atoms with Crippen LogP contribution < -0.4 is 10.2 Å². The molecule has 2 heterocycles. The number of hydrogen-bond acceptors (Lipinski definition) is 6. The molecule has 0 bridgehead atoms. The van der Waals surface area contributed by atoms with E-state index in [0.29, 0.717) is 28.4 Å². The Labute approximate surface area is 154 Å². The van der Waals surface area contributed by atoms with Crippen molar-refractivity contribution in [3.63, 3.8) is 0 Å². The van der Waals surface area contributed by atoms with Gasteiger partial charge in [0.25, 0.3) is 11.6 Å². The number of nitrogens with zero attached hydrogens (tertiary/aromatic N) is 3. The van der Waals surface area contributed by atoms with Crippen LogP contribution in [0.5, 0.6) is 0 Å². The van der Waals surface area contributed by atoms with Gasteiger partial charge in [-0.05, 0) is 43.2 Å². The monoisotopic (exact) mass is 366 g/mol. The van der Waals surface area contributed by atoms with E-state index < -0.39 is 10.8 Å². The van der Waals surface area contributed by atoms with Crippen LogP contribution in [-0.4, -0.2) is 28.9 Å². The summed E-state index contributed by atoms with van der Waals surface area (Å²) in [5.41, 5.74) is 2.57. The molecule has 4 rings (SSSR count). The maximum atomic E-state index is 12.6. The van der Waals surface area contributed by atoms with Gasteiger partial charge in [0.05, 0.1) is 4.92 Å². The number of oxazole rings is 1. The molecule has 2 aromatic carbocycles. The largest absolute Gasteiger partial charge is 0.441 e. The molecule has 0 atom stereocenters. The van der Waals surface area contributed by atoms with Crippen molar-refractivity contribution in [2.24, 2.45) is 0 Å². The zero-order valence-electron chi connectivity index (χ0n) is 14.8. The van der Waals surface area contributed by atoms with E-state index in [9.17, 15) is 14.9 Å². The van der Waals surface area contributed by atoms with E-state index in [1.54, 1.807) is 37.3 Å². The number of nitrogens with one attached hydrogen (secondary N) is 1. The van der Waals surface area contributed by atoms with E-state index >= 15 is 0 Å². The first-order chi connectivity index (χ1) is 13.0. The van der Waals surface area contributed by atoms with Gasteiger partial charge in [-0.25, -0.2) is 4.98 Å². The smallest absolute Gasteiger partial charge is 0.293 e. The van der Waals surface area contributed by atoms with Crippen LogP contribution in [0.1, 0.15) is 29.1 Å². The minimum atomic E-state index is -0.436. The summed E-state index contributed by atoms with van der Waals surface area (Å²) in [5.74, 6) is 0.132. The Balaban J connectivity index is 1.60. The third kappa shape index (κ3) is 3.33. The van der Waals surface area contributed by atoms with Crippen LogP contribution >= 0.6 is 0 Å². The number of fused-ring (bicyclic) bond motifs is 1. The van der Waals surface area contributed by atoms with Crippen LogP contribution in [0.3, 0.4) is 0 Å². The molecule has 1 saturated heterocycles. The molecule has 8 heteroatoms. The first-order valence-corrected chi connectivity index (χ1v) is 8.73. The molecule has 1 aliphatic rings. The molecule has 1 N–H and O–H groups in total. The number of amides is 1. The molecule has 0 spiro atoms. The van der Waals surface area contributed by atoms with Gasteiger partial charge in [0, 0.05) is 37.3 Å². The molecule has 8 nitrogen and oxygen atoms in total. The Morgan fingerprint density at radius 2 is 2.00 bits per heavy atom. The van der Waals surface area contributed by atoms with E-state index in [-0.39, 0.29) is 11.3 Å². The number of hydrogen-bond donors (Lipinski definition) is 1. The molecule has 1 amide bonds. The Kier molecular flexibility index (Phi) is 4.23. The summed E-state index contributed by atoms with van der Waals surface area (Å²) in [6.07, 6.45) is 2.03. The molecule has 1 fully saturated rings. The molecular formula is C19H18N4O4. The summed E-state index contributed by atoms with van der Waals surface area (Å²) < 4.78 is 5.41. The number of aromatic nitrogens is 1. The Morgan fingerprint density at radius 3 is 2.74 bits per heavy atom. The predicted molar refractivity (Wildman–Crippen MR) is 101 cm³/mol. The van der Waals surface area contributed by atoms with E-state index in [1.165, 1.54) is 6.07 Å². The van der Waals surface area contributed by atoms with E-state index in [4.69, 9.17) is 4.42 Å². The summed E-state index contributed by atoms with van der Waals surface area (Å²) in [4.78, 5) is 29.8. The molecule has 138 valence electrons. The van der Waals surface area contributed by atoms with Gasteiger partial charge in [0.1, 0.15) is 11.2 Å². The molecule has 0 aliphatic carbocycles. The zero-order chi connectivity index (χ0) is 19.0. The van der Waals surface area contributed by atoms with Crippen molar-refractivity contribution in [1.29, 1.82) is 0 Å². The number of carbonyl (C=O) groups is 1. The minimum Gasteiger partial charge on any atom is -0.441 e. The SMILES string of the molecule is Cc1nc2cc(NC(=O)c3ccc(N4CCCC4)c([N+](=O)[O-])c3)ccc2o1. The molecule has 0 unspecified atom stereocenters. The molecule has 0 saturated carbocycles. The lowest BCUT2D eigenvalue weighted by Crippen LogP contribution is -2.19. The highest BCUT2D eigenvalue weighted by atomic mass is 16.6. The highest BCUT2D eigenvalue weighted by Crippen LogP contribution is 2.32. The number of rotatable bonds is 4. The molecule has 1 aromatic heterocycles. The molecule has 3 aromatic rings. The molecule has 1 aliphatic heterocycles. The van der Waals surface area contributed by atoms with Crippen molar-refractivity contribution < 1.29 is 14.1 Å². The van der Waals surface area contributed by atoms with Crippen molar-refractivity contribution in [1.82, 2.24) is 4.98 Å². The van der Waals surface area contributed by atoms with Gasteiger partial charge >= 0.3 is 0 Å². The highest BCUT2D eigenvalue weighted by Gasteiger charge is 2.24. The number of benzene rings is 2. The van der Waals surface area contributed by atoms with Crippen LogP contribution in [0.2, 0.25) is 0 Å². The number of nitro groups is 1. The van der Waals surface area contributed by atoms with Crippen LogP contribution in [0.25, 0.3) is 11.1 Å². The number of carbonyl (C=O) groups excluding carboxylic acids is 1. The van der Waals surface area contributed by atoms with E-state index in [0.717, 1.165) is 25.9 Å². The van der Waals surface area contributed by atoms with Crippen LogP contribution in [0.4, 0.5) is 17.1 Å². The van der Waals surface area contributed by atoms with Crippen molar-refractivity contribution in [2.45, 2.75) is 19.8 Å². The van der Waals surface area contributed by atoms with Gasteiger partial charge in [-0.1, -0.05) is 0 Å². The Hall–Kier alpha value is -3.42. The van der Waals surface area contributed by atoms with Crippen LogP contribution in [-0.2, 0) is 0 Å². The summed E-state index contributed by atoms with van der Waals surface area (Å²) in [7, 11) is 0. The summed E-state index contributed by atoms with van der Waals surface area (Å²) >= 11 is 0. The maximum absolute atomic E-state index is 12.6. The maximum Gasteiger partial charge on any atom is 0.293 e. The fraction of sp³-hybridized carbons (Fsp3) is 0.263. The van der Waals surface area contributed by atoms with E-state index in [1.807, 2.05) is 4.90 Å². The Morgan fingerprint density at radius 1 is 1.22 bits per heavy atom. The lowest BCUT2D eigenvalue weighted by molar-refractivity contribution is -0.384. The fourth-order valence-electron chi connectivity index (χ4n) is 3.36. The average Bonchev–Trinajstić information content (AvgIpc) is 3.29. The van der Waals surface area contributed by atoms with Crippen molar-refractivity contribution in [3.05, 3.63) is 58.0 Å². The second-order valence-corrected chi connectivity index (χ2v) is 6.52. The van der Waals surface area contributed by atoms with Gasteiger partial charge in [-0.2, -0.15) is 0 Å². The van der Waals surface area contributed by atoms with Gasteiger partial charge < -0.3 is 14.6 Å². The summed E-state index contributed by atoms with van der Waals surface area (Å²) in [5, 5.41) is 14.2. The van der Waals surface area contributed by atoms with E-state index in [2.05, 4.69) is 10.3 Å². The van der Waals surface area contributed by atoms with Crippen molar-refractivity contribution in [2.75, 3.05) is 23.3 Å². The predicted octanol–water partition coefficient (Wildman–Crippen LogP) is 3.90. The first-order valence-electron chi connectivity index (χ1n) is 8.73. The first kappa shape index (κ1) is 17.0. The van der Waals surface area contributed by atoms with Crippen molar-refractivity contribution >= 4 is 34.1 Å². The molecular weight excluding hydrogens is 348 g/mol. The number of anilines is 2. The number of aryl methyl sites for hydroxylation is 1. The van der Waals surface area contributed by atoms with Gasteiger partial charge in [0.15, 0.2) is 11.5 Å². The number of nitro benzene ring substituents is 1. The summed E-state index contributed by atoms with van der Waals surface area (Å²) in [6, 6.07) is 9.75. The third-order valence-corrected chi connectivity index (χ3v) is 4.63. The minimum absolute atomic E-state index is 0.0490. The highest BCUT2D eigenvalue weighted by molar-refractivity contribution is 6.05. The fourth-order valence-corrected chi connectivity index (χ4v) is 3.36. The zero-order valence-corrected chi connectivity index (χ0v) is 14.8. The van der Waals surface area contributed by atoms with Gasteiger partial charge in [-0.3, -0.25) is 14.9 Å². The second kappa shape index (κ2) is 6.71. The van der Waals surface area contributed by atoms with Crippen LogP contribution in [0.15, 0.2) is 40.8 Å². The quantitative estimate of drug-likeness (QED) is 0.555. The lowest BCUT2D eigenvalue weighted by atomic mass is 10.1. The third-order valence-electron chi connectivity index (χ3n) is 4.63. The standard InChI is InChI=1S/C19H18N4O4/c1-12-20-15-11-14(5-7-18(15)27-12)21-19(24)13-4-6-16(17(10-13)23(25)26)22-8-2-3-9-22/h4-7,10-11H,2-3,8-9H2,1H3,(H,21,24). The van der Waals surface area contributed by atoms with Crippen molar-refractivity contribution in [3.8, 4) is 0 Å². The summed E-state index contributed by atoms with van der Waals surface area (Å²) in [6.45, 7) is 3.34. The molecule has 27 heavy (non-hydrogen) atoms.